The second-order valence-corrected chi connectivity index (χ2v) is 6.22. The van der Waals surface area contributed by atoms with Crippen LogP contribution in [0.3, 0.4) is 0 Å². The number of benzene rings is 1. The molecule has 0 aromatic heterocycles. The molecule has 0 saturated heterocycles. The van der Waals surface area contributed by atoms with E-state index in [0.717, 1.165) is 19.0 Å². The molecule has 0 saturated carbocycles. The normalized spacial score (nSPS) is 25.8. The van der Waals surface area contributed by atoms with Crippen LogP contribution in [0.1, 0.15) is 37.8 Å². The maximum atomic E-state index is 6.17. The van der Waals surface area contributed by atoms with Crippen molar-refractivity contribution in [3.63, 3.8) is 0 Å². The Bertz CT molecular complexity index is 506. The zero-order valence-electron chi connectivity index (χ0n) is 11.9. The van der Waals surface area contributed by atoms with E-state index in [4.69, 9.17) is 5.73 Å². The molecule has 1 unspecified atom stereocenters. The number of aliphatic imine (C=N–C) groups is 1. The van der Waals surface area contributed by atoms with Gasteiger partial charge in [-0.3, -0.25) is 4.99 Å². The van der Waals surface area contributed by atoms with Crippen LogP contribution in [0.15, 0.2) is 29.3 Å². The van der Waals surface area contributed by atoms with Crippen molar-refractivity contribution >= 4 is 5.96 Å². The van der Waals surface area contributed by atoms with E-state index in [9.17, 15) is 0 Å². The van der Waals surface area contributed by atoms with Crippen LogP contribution in [0, 0.1) is 5.92 Å². The predicted octanol–water partition coefficient (Wildman–Crippen LogP) is 2.50. The fraction of sp³-hybridized carbons (Fsp3) is 0.562. The Labute approximate surface area is 115 Å². The van der Waals surface area contributed by atoms with Gasteiger partial charge in [0.1, 0.15) is 0 Å². The highest BCUT2D eigenvalue weighted by Gasteiger charge is 2.45. The summed E-state index contributed by atoms with van der Waals surface area (Å²) in [5.41, 5.74) is 9.13. The van der Waals surface area contributed by atoms with Crippen molar-refractivity contribution in [3.8, 4) is 0 Å². The SMILES string of the molecule is CC(C)CN1C(N)=NCC12CCCc1ccccc12. The standard InChI is InChI=1S/C16H23N3/c1-12(2)10-19-15(17)18-11-16(19)9-5-7-13-6-3-4-8-14(13)16/h3-4,6,8,12H,5,7,9-11H2,1-2H3,(H2,17,18). The third-order valence-corrected chi connectivity index (χ3v) is 4.40. The van der Waals surface area contributed by atoms with Gasteiger partial charge in [0.25, 0.3) is 0 Å². The zero-order valence-corrected chi connectivity index (χ0v) is 11.9. The van der Waals surface area contributed by atoms with Crippen LogP contribution in [-0.4, -0.2) is 23.9 Å². The number of nitrogens with two attached hydrogens (primary N) is 1. The summed E-state index contributed by atoms with van der Waals surface area (Å²) in [5.74, 6) is 1.32. The molecule has 1 aromatic carbocycles. The van der Waals surface area contributed by atoms with Crippen LogP contribution in [0.25, 0.3) is 0 Å². The van der Waals surface area contributed by atoms with Crippen molar-refractivity contribution in [3.05, 3.63) is 35.4 Å². The van der Waals surface area contributed by atoms with Crippen LogP contribution in [-0.2, 0) is 12.0 Å². The number of rotatable bonds is 2. The Hall–Kier alpha value is -1.51. The highest BCUT2D eigenvalue weighted by molar-refractivity contribution is 5.81. The van der Waals surface area contributed by atoms with Crippen molar-refractivity contribution in [2.45, 2.75) is 38.6 Å². The fourth-order valence-corrected chi connectivity index (χ4v) is 3.58. The van der Waals surface area contributed by atoms with E-state index in [1.54, 1.807) is 0 Å². The summed E-state index contributed by atoms with van der Waals surface area (Å²) < 4.78 is 0. The molecule has 2 aliphatic rings. The van der Waals surface area contributed by atoms with E-state index in [1.807, 2.05) is 0 Å². The molecule has 1 spiro atoms. The minimum Gasteiger partial charge on any atom is -0.370 e. The molecule has 2 N–H and O–H groups in total. The largest absolute Gasteiger partial charge is 0.370 e. The first-order valence-electron chi connectivity index (χ1n) is 7.29. The molecule has 1 aliphatic heterocycles. The lowest BCUT2D eigenvalue weighted by molar-refractivity contribution is 0.157. The quantitative estimate of drug-likeness (QED) is 0.884. The fourth-order valence-electron chi connectivity index (χ4n) is 3.58. The van der Waals surface area contributed by atoms with E-state index >= 15 is 0 Å². The van der Waals surface area contributed by atoms with Gasteiger partial charge in [0.15, 0.2) is 5.96 Å². The van der Waals surface area contributed by atoms with E-state index in [-0.39, 0.29) is 5.54 Å². The summed E-state index contributed by atoms with van der Waals surface area (Å²) in [5, 5.41) is 0. The number of guanidine groups is 1. The highest BCUT2D eigenvalue weighted by Crippen LogP contribution is 2.43. The molecule has 3 heteroatoms. The number of hydrogen-bond donors (Lipinski definition) is 1. The molecule has 1 aliphatic carbocycles. The first kappa shape index (κ1) is 12.5. The molecule has 0 fully saturated rings. The summed E-state index contributed by atoms with van der Waals surface area (Å²) in [6.45, 7) is 6.30. The van der Waals surface area contributed by atoms with E-state index in [2.05, 4.69) is 48.0 Å². The van der Waals surface area contributed by atoms with Crippen molar-refractivity contribution < 1.29 is 0 Å². The third-order valence-electron chi connectivity index (χ3n) is 4.40. The Morgan fingerprint density at radius 1 is 1.37 bits per heavy atom. The Morgan fingerprint density at radius 3 is 2.95 bits per heavy atom. The topological polar surface area (TPSA) is 41.6 Å². The molecule has 0 bridgehead atoms. The molecule has 1 atom stereocenters. The van der Waals surface area contributed by atoms with Crippen LogP contribution >= 0.6 is 0 Å². The molecular weight excluding hydrogens is 234 g/mol. The van der Waals surface area contributed by atoms with Gasteiger partial charge in [-0.25, -0.2) is 0 Å². The molecule has 0 radical (unpaired) electrons. The van der Waals surface area contributed by atoms with Crippen molar-refractivity contribution in [2.75, 3.05) is 13.1 Å². The van der Waals surface area contributed by atoms with Gasteiger partial charge in [-0.05, 0) is 36.3 Å². The average Bonchev–Trinajstić information content (AvgIpc) is 2.69. The highest BCUT2D eigenvalue weighted by atomic mass is 15.4. The van der Waals surface area contributed by atoms with Gasteiger partial charge in [-0.2, -0.15) is 0 Å². The molecule has 3 nitrogen and oxygen atoms in total. The lowest BCUT2D eigenvalue weighted by Crippen LogP contribution is -2.52. The molecule has 102 valence electrons. The summed E-state index contributed by atoms with van der Waals surface area (Å²) in [6, 6.07) is 8.83. The van der Waals surface area contributed by atoms with Crippen molar-refractivity contribution in [1.82, 2.24) is 4.90 Å². The first-order chi connectivity index (χ1) is 9.13. The first-order valence-corrected chi connectivity index (χ1v) is 7.29. The Kier molecular flexibility index (Phi) is 3.00. The van der Waals surface area contributed by atoms with Crippen LogP contribution < -0.4 is 5.73 Å². The molecular formula is C16H23N3. The molecule has 0 amide bonds. The smallest absolute Gasteiger partial charge is 0.192 e. The summed E-state index contributed by atoms with van der Waals surface area (Å²) in [4.78, 5) is 6.92. The molecule has 1 heterocycles. The lowest BCUT2D eigenvalue weighted by atomic mass is 9.75. The number of hydrogen-bond acceptors (Lipinski definition) is 3. The van der Waals surface area contributed by atoms with Gasteiger partial charge in [0.2, 0.25) is 0 Å². The Morgan fingerprint density at radius 2 is 2.16 bits per heavy atom. The molecule has 19 heavy (non-hydrogen) atoms. The number of fused-ring (bicyclic) bond motifs is 2. The van der Waals surface area contributed by atoms with Crippen molar-refractivity contribution in [1.29, 1.82) is 0 Å². The van der Waals surface area contributed by atoms with Gasteiger partial charge >= 0.3 is 0 Å². The monoisotopic (exact) mass is 257 g/mol. The minimum atomic E-state index is 0.0309. The third kappa shape index (κ3) is 1.92. The van der Waals surface area contributed by atoms with E-state index < -0.39 is 0 Å². The summed E-state index contributed by atoms with van der Waals surface area (Å²) >= 11 is 0. The van der Waals surface area contributed by atoms with Crippen LogP contribution in [0.4, 0.5) is 0 Å². The van der Waals surface area contributed by atoms with Gasteiger partial charge in [-0.1, -0.05) is 38.1 Å². The molecule has 3 rings (SSSR count). The second kappa shape index (κ2) is 4.55. The van der Waals surface area contributed by atoms with Crippen LogP contribution in [0.2, 0.25) is 0 Å². The van der Waals surface area contributed by atoms with Gasteiger partial charge in [-0.15, -0.1) is 0 Å². The minimum absolute atomic E-state index is 0.0309. The van der Waals surface area contributed by atoms with E-state index in [1.165, 1.54) is 30.4 Å². The number of aryl methyl sites for hydroxylation is 1. The number of nitrogens with zero attached hydrogens (tertiary/aromatic N) is 2. The zero-order chi connectivity index (χ0) is 13.5. The predicted molar refractivity (Wildman–Crippen MR) is 79.1 cm³/mol. The second-order valence-electron chi connectivity index (χ2n) is 6.22. The Balaban J connectivity index is 2.04. The summed E-state index contributed by atoms with van der Waals surface area (Å²) in [7, 11) is 0. The van der Waals surface area contributed by atoms with Gasteiger partial charge in [0.05, 0.1) is 12.1 Å². The van der Waals surface area contributed by atoms with Crippen molar-refractivity contribution in [2.24, 2.45) is 16.6 Å². The maximum Gasteiger partial charge on any atom is 0.192 e. The summed E-state index contributed by atoms with van der Waals surface area (Å²) in [6.07, 6.45) is 3.59. The molecule has 1 aromatic rings. The lowest BCUT2D eigenvalue weighted by Gasteiger charge is -2.44. The van der Waals surface area contributed by atoms with Crippen LogP contribution in [0.5, 0.6) is 0 Å². The van der Waals surface area contributed by atoms with Gasteiger partial charge < -0.3 is 10.6 Å². The van der Waals surface area contributed by atoms with Gasteiger partial charge in [0, 0.05) is 6.54 Å². The van der Waals surface area contributed by atoms with E-state index in [0.29, 0.717) is 5.92 Å². The average molecular weight is 257 g/mol. The maximum absolute atomic E-state index is 6.17.